The largest absolute Gasteiger partial charge is 0.387 e. The van der Waals surface area contributed by atoms with Crippen LogP contribution < -0.4 is 5.32 Å². The third-order valence-electron chi connectivity index (χ3n) is 6.45. The van der Waals surface area contributed by atoms with E-state index in [4.69, 9.17) is 0 Å². The Morgan fingerprint density at radius 1 is 0.657 bits per heavy atom. The molecule has 2 atom stereocenters. The molecule has 0 bridgehead atoms. The first-order valence-corrected chi connectivity index (χ1v) is 12.4. The normalized spacial score (nSPS) is 13.7. The molecule has 178 valence electrons. The minimum Gasteiger partial charge on any atom is -0.387 e. The highest BCUT2D eigenvalue weighted by Gasteiger charge is 2.39. The topological polar surface area (TPSA) is 32.3 Å². The Balaban J connectivity index is 1.83. The minimum atomic E-state index is -0.659. The van der Waals surface area contributed by atoms with Crippen LogP contribution in [0.2, 0.25) is 0 Å². The second kappa shape index (κ2) is 11.8. The van der Waals surface area contributed by atoms with E-state index >= 15 is 0 Å². The van der Waals surface area contributed by atoms with Gasteiger partial charge in [-0.1, -0.05) is 147 Å². The van der Waals surface area contributed by atoms with Crippen LogP contribution in [0.25, 0.3) is 6.08 Å². The molecule has 0 amide bonds. The smallest absolute Gasteiger partial charge is 0.0951 e. The van der Waals surface area contributed by atoms with Gasteiger partial charge in [0.25, 0.3) is 0 Å². The summed E-state index contributed by atoms with van der Waals surface area (Å²) < 4.78 is 0. The van der Waals surface area contributed by atoms with Gasteiger partial charge in [-0.15, -0.1) is 0 Å². The summed E-state index contributed by atoms with van der Waals surface area (Å²) in [5.74, 6) is 0.410. The van der Waals surface area contributed by atoms with Gasteiger partial charge in [0.15, 0.2) is 0 Å². The predicted octanol–water partition coefficient (Wildman–Crippen LogP) is 7.06. The van der Waals surface area contributed by atoms with E-state index in [1.54, 1.807) is 0 Å². The average Bonchev–Trinajstić information content (AvgIpc) is 2.91. The van der Waals surface area contributed by atoms with E-state index in [1.165, 1.54) is 0 Å². The second-order valence-corrected chi connectivity index (χ2v) is 9.49. The molecule has 35 heavy (non-hydrogen) atoms. The molecular formula is C33H35NO. The second-order valence-electron chi connectivity index (χ2n) is 9.49. The van der Waals surface area contributed by atoms with Crippen molar-refractivity contribution in [1.82, 2.24) is 5.32 Å². The fraction of sp³-hybridized carbons (Fsp3) is 0.212. The first-order chi connectivity index (χ1) is 17.1. The average molecular weight is 462 g/mol. The zero-order valence-corrected chi connectivity index (χ0v) is 20.6. The molecule has 2 heteroatoms. The third kappa shape index (κ3) is 5.97. The van der Waals surface area contributed by atoms with Crippen molar-refractivity contribution < 1.29 is 5.11 Å². The molecule has 4 aromatic rings. The van der Waals surface area contributed by atoms with E-state index in [9.17, 15) is 5.11 Å². The van der Waals surface area contributed by atoms with E-state index in [1.807, 2.05) is 48.6 Å². The summed E-state index contributed by atoms with van der Waals surface area (Å²) in [5.41, 5.74) is 3.89. The van der Waals surface area contributed by atoms with Crippen molar-refractivity contribution in [3.8, 4) is 0 Å². The highest BCUT2D eigenvalue weighted by atomic mass is 16.3. The van der Waals surface area contributed by atoms with Crippen LogP contribution >= 0.6 is 0 Å². The lowest BCUT2D eigenvalue weighted by atomic mass is 9.75. The van der Waals surface area contributed by atoms with Crippen LogP contribution in [0.15, 0.2) is 127 Å². The van der Waals surface area contributed by atoms with Gasteiger partial charge in [0.2, 0.25) is 0 Å². The Labute approximate surface area is 210 Å². The Hall–Kier alpha value is -3.46. The van der Waals surface area contributed by atoms with Crippen LogP contribution in [-0.4, -0.2) is 17.3 Å². The highest BCUT2D eigenvalue weighted by Crippen LogP contribution is 2.38. The van der Waals surface area contributed by atoms with E-state index < -0.39 is 11.6 Å². The molecule has 0 saturated heterocycles. The molecule has 4 rings (SSSR count). The lowest BCUT2D eigenvalue weighted by molar-refractivity contribution is 0.143. The standard InChI is InChI=1S/C33H35NO/c1-26(2)25-31(32(35)24-23-27-15-7-3-8-16-27)34-33(28-17-9-4-10-18-28,29-19-11-5-12-20-29)30-21-13-6-14-22-30/h3-24,26,31-32,34-35H,25H2,1-2H3. The van der Waals surface area contributed by atoms with Gasteiger partial charge in [0.1, 0.15) is 0 Å². The summed E-state index contributed by atoms with van der Waals surface area (Å²) in [5, 5.41) is 15.5. The molecule has 2 nitrogen and oxygen atoms in total. The van der Waals surface area contributed by atoms with Crippen molar-refractivity contribution in [3.63, 3.8) is 0 Å². The summed E-state index contributed by atoms with van der Waals surface area (Å²) in [6.07, 6.45) is 4.10. The number of benzene rings is 4. The van der Waals surface area contributed by atoms with Gasteiger partial charge < -0.3 is 5.11 Å². The number of aliphatic hydroxyl groups excluding tert-OH is 1. The molecule has 0 aliphatic carbocycles. The van der Waals surface area contributed by atoms with E-state index in [0.717, 1.165) is 28.7 Å². The first-order valence-electron chi connectivity index (χ1n) is 12.4. The SMILES string of the molecule is CC(C)CC(NC(c1ccccc1)(c1ccccc1)c1ccccc1)C(O)C=Cc1ccccc1. The van der Waals surface area contributed by atoms with Gasteiger partial charge in [-0.25, -0.2) is 0 Å². The number of nitrogens with one attached hydrogen (secondary N) is 1. The molecule has 0 radical (unpaired) electrons. The number of hydrogen-bond acceptors (Lipinski definition) is 2. The lowest BCUT2D eigenvalue weighted by Crippen LogP contribution is -2.53. The highest BCUT2D eigenvalue weighted by molar-refractivity contribution is 5.51. The van der Waals surface area contributed by atoms with Crippen LogP contribution in [0.4, 0.5) is 0 Å². The molecule has 4 aromatic carbocycles. The van der Waals surface area contributed by atoms with Crippen LogP contribution in [0, 0.1) is 5.92 Å². The lowest BCUT2D eigenvalue weighted by Gasteiger charge is -2.41. The zero-order valence-electron chi connectivity index (χ0n) is 20.6. The summed E-state index contributed by atoms with van der Waals surface area (Å²) in [6.45, 7) is 4.41. The fourth-order valence-electron chi connectivity index (χ4n) is 4.79. The quantitative estimate of drug-likeness (QED) is 0.248. The summed E-state index contributed by atoms with van der Waals surface area (Å²) in [6, 6.07) is 41.7. The maximum Gasteiger partial charge on any atom is 0.0951 e. The fourth-order valence-corrected chi connectivity index (χ4v) is 4.79. The maximum atomic E-state index is 11.5. The van der Waals surface area contributed by atoms with E-state index in [2.05, 4.69) is 104 Å². The van der Waals surface area contributed by atoms with Crippen molar-refractivity contribution in [1.29, 1.82) is 0 Å². The first kappa shape index (κ1) is 24.7. The number of rotatable bonds is 10. The Bertz CT molecular complexity index is 1070. The van der Waals surface area contributed by atoms with Crippen molar-refractivity contribution in [2.45, 2.75) is 38.0 Å². The molecule has 0 saturated carbocycles. The Morgan fingerprint density at radius 2 is 1.06 bits per heavy atom. The molecule has 0 heterocycles. The summed E-state index contributed by atoms with van der Waals surface area (Å²) in [7, 11) is 0. The van der Waals surface area contributed by atoms with E-state index in [0.29, 0.717) is 5.92 Å². The number of hydrogen-bond donors (Lipinski definition) is 2. The molecular weight excluding hydrogens is 426 g/mol. The molecule has 2 N–H and O–H groups in total. The van der Waals surface area contributed by atoms with Gasteiger partial charge in [0.05, 0.1) is 11.6 Å². The van der Waals surface area contributed by atoms with Gasteiger partial charge >= 0.3 is 0 Å². The molecule has 0 fully saturated rings. The van der Waals surface area contributed by atoms with Crippen LogP contribution in [-0.2, 0) is 5.54 Å². The van der Waals surface area contributed by atoms with Gasteiger partial charge in [-0.2, -0.15) is 0 Å². The third-order valence-corrected chi connectivity index (χ3v) is 6.45. The van der Waals surface area contributed by atoms with Crippen molar-refractivity contribution in [3.05, 3.63) is 150 Å². The van der Waals surface area contributed by atoms with E-state index in [-0.39, 0.29) is 6.04 Å². The Morgan fingerprint density at radius 3 is 1.46 bits per heavy atom. The van der Waals surface area contributed by atoms with Gasteiger partial charge in [0, 0.05) is 6.04 Å². The maximum absolute atomic E-state index is 11.5. The molecule has 2 unspecified atom stereocenters. The van der Waals surface area contributed by atoms with Crippen LogP contribution in [0.1, 0.15) is 42.5 Å². The molecule has 0 aliphatic rings. The number of aliphatic hydroxyl groups is 1. The van der Waals surface area contributed by atoms with Crippen molar-refractivity contribution in [2.75, 3.05) is 0 Å². The minimum absolute atomic E-state index is 0.171. The molecule has 0 aromatic heterocycles. The van der Waals surface area contributed by atoms with Crippen LogP contribution in [0.3, 0.4) is 0 Å². The van der Waals surface area contributed by atoms with Crippen molar-refractivity contribution >= 4 is 6.08 Å². The zero-order chi connectivity index (χ0) is 24.5. The monoisotopic (exact) mass is 461 g/mol. The summed E-state index contributed by atoms with van der Waals surface area (Å²) in [4.78, 5) is 0. The molecule has 0 aliphatic heterocycles. The Kier molecular flexibility index (Phi) is 8.31. The predicted molar refractivity (Wildman–Crippen MR) is 147 cm³/mol. The van der Waals surface area contributed by atoms with Gasteiger partial charge in [-0.05, 0) is 34.6 Å². The van der Waals surface area contributed by atoms with Crippen LogP contribution in [0.5, 0.6) is 0 Å². The van der Waals surface area contributed by atoms with Gasteiger partial charge in [-0.3, -0.25) is 5.32 Å². The van der Waals surface area contributed by atoms with Crippen molar-refractivity contribution in [2.24, 2.45) is 5.92 Å². The molecule has 0 spiro atoms. The summed E-state index contributed by atoms with van der Waals surface area (Å²) >= 11 is 0.